The van der Waals surface area contributed by atoms with Gasteiger partial charge in [-0.05, 0) is 47.4 Å². The largest absolute Gasteiger partial charge is 0.467 e. The van der Waals surface area contributed by atoms with Gasteiger partial charge in [0.1, 0.15) is 16.2 Å². The Kier molecular flexibility index (Phi) is 4.66. The number of hydrogen-bond donors (Lipinski definition) is 1. The fraction of sp³-hybridized carbons (Fsp3) is 0.353. The summed E-state index contributed by atoms with van der Waals surface area (Å²) in [4.78, 5) is 12.5. The Labute approximate surface area is 155 Å². The third-order valence-corrected chi connectivity index (χ3v) is 6.54. The number of rotatable bonds is 5. The molecule has 4 rings (SSSR count). The van der Waals surface area contributed by atoms with Crippen LogP contribution in [-0.4, -0.2) is 42.0 Å². The molecule has 3 aromatic rings. The van der Waals surface area contributed by atoms with Gasteiger partial charge < -0.3 is 9.73 Å². The van der Waals surface area contributed by atoms with Crippen LogP contribution in [0.1, 0.15) is 18.6 Å². The van der Waals surface area contributed by atoms with Gasteiger partial charge in [-0.25, -0.2) is 13.0 Å². The first-order valence-electron chi connectivity index (χ1n) is 8.57. The van der Waals surface area contributed by atoms with Gasteiger partial charge in [-0.3, -0.25) is 4.79 Å². The summed E-state index contributed by atoms with van der Waals surface area (Å²) in [5, 5.41) is 10.2. The number of carbonyl (C=O) groups is 1. The van der Waals surface area contributed by atoms with Gasteiger partial charge in [0.15, 0.2) is 5.52 Å². The van der Waals surface area contributed by atoms with Gasteiger partial charge in [-0.15, -0.1) is 0 Å². The Hall–Kier alpha value is -2.72. The molecule has 0 radical (unpaired) electrons. The number of amides is 1. The van der Waals surface area contributed by atoms with E-state index in [2.05, 4.69) is 20.3 Å². The van der Waals surface area contributed by atoms with Crippen molar-refractivity contribution in [3.8, 4) is 0 Å². The molecule has 1 saturated heterocycles. The summed E-state index contributed by atoms with van der Waals surface area (Å²) >= 11 is 0. The molecule has 142 valence electrons. The lowest BCUT2D eigenvalue weighted by molar-refractivity contribution is -0.126. The molecule has 0 unspecified atom stereocenters. The molecule has 1 fully saturated rings. The van der Waals surface area contributed by atoms with Crippen LogP contribution in [0.25, 0.3) is 11.0 Å². The van der Waals surface area contributed by atoms with E-state index in [1.54, 1.807) is 24.3 Å². The molecule has 1 atom stereocenters. The number of fused-ring (bicyclic) bond motifs is 1. The van der Waals surface area contributed by atoms with E-state index in [1.165, 1.54) is 16.6 Å². The molecule has 1 amide bonds. The van der Waals surface area contributed by atoms with Crippen LogP contribution in [0.3, 0.4) is 0 Å². The lowest BCUT2D eigenvalue weighted by atomic mass is 9.99. The summed E-state index contributed by atoms with van der Waals surface area (Å²) in [5.74, 6) is 0.0413. The van der Waals surface area contributed by atoms with Crippen LogP contribution in [0.5, 0.6) is 0 Å². The topological polar surface area (TPSA) is 119 Å². The number of sulfonamides is 1. The van der Waals surface area contributed by atoms with Crippen LogP contribution in [0.4, 0.5) is 0 Å². The standard InChI is InChI=1S/C17H18N4O5S/c22-17(18-10-13-5-3-9-25-13)12-4-2-8-21(11-12)27(23,24)15-7-1-6-14-16(15)20-26-19-14/h1,3,5-7,9,12H,2,4,8,10-11H2,(H,18,22)/t12-/m1/s1. The highest BCUT2D eigenvalue weighted by molar-refractivity contribution is 7.89. The third kappa shape index (κ3) is 3.45. The van der Waals surface area contributed by atoms with E-state index in [4.69, 9.17) is 4.42 Å². The number of nitrogens with one attached hydrogen (secondary N) is 1. The lowest BCUT2D eigenvalue weighted by Crippen LogP contribution is -2.45. The first-order chi connectivity index (χ1) is 13.1. The summed E-state index contributed by atoms with van der Waals surface area (Å²) in [7, 11) is -3.81. The summed E-state index contributed by atoms with van der Waals surface area (Å²) < 4.78 is 37.3. The van der Waals surface area contributed by atoms with Gasteiger partial charge >= 0.3 is 0 Å². The smallest absolute Gasteiger partial charge is 0.245 e. The SMILES string of the molecule is O=C(NCc1ccco1)[C@@H]1CCCN(S(=O)(=O)c2cccc3nonc23)C1. The van der Waals surface area contributed by atoms with Crippen molar-refractivity contribution in [2.24, 2.45) is 5.92 Å². The molecule has 1 aromatic carbocycles. The maximum Gasteiger partial charge on any atom is 0.245 e. The minimum atomic E-state index is -3.81. The van der Waals surface area contributed by atoms with Crippen LogP contribution in [0, 0.1) is 5.92 Å². The fourth-order valence-electron chi connectivity index (χ4n) is 3.24. The monoisotopic (exact) mass is 390 g/mol. The number of carbonyl (C=O) groups excluding carboxylic acids is 1. The number of nitrogens with zero attached hydrogens (tertiary/aromatic N) is 3. The number of furan rings is 1. The average molecular weight is 390 g/mol. The zero-order chi connectivity index (χ0) is 18.9. The summed E-state index contributed by atoms with van der Waals surface area (Å²) in [6, 6.07) is 8.21. The van der Waals surface area contributed by atoms with E-state index in [0.29, 0.717) is 30.7 Å². The number of benzene rings is 1. The van der Waals surface area contributed by atoms with Crippen molar-refractivity contribution < 1.29 is 22.3 Å². The minimum absolute atomic E-state index is 0.0397. The molecule has 0 spiro atoms. The van der Waals surface area contributed by atoms with Crippen molar-refractivity contribution >= 4 is 27.0 Å². The predicted molar refractivity (Wildman–Crippen MR) is 93.8 cm³/mol. The van der Waals surface area contributed by atoms with E-state index < -0.39 is 15.9 Å². The van der Waals surface area contributed by atoms with E-state index in [0.717, 1.165) is 0 Å². The Morgan fingerprint density at radius 2 is 2.15 bits per heavy atom. The van der Waals surface area contributed by atoms with Gasteiger partial charge in [0.05, 0.1) is 18.7 Å². The van der Waals surface area contributed by atoms with Crippen LogP contribution in [0.2, 0.25) is 0 Å². The maximum atomic E-state index is 13.1. The van der Waals surface area contributed by atoms with Crippen LogP contribution in [0.15, 0.2) is 50.5 Å². The first kappa shape index (κ1) is 17.7. The van der Waals surface area contributed by atoms with Gasteiger partial charge in [-0.1, -0.05) is 6.07 Å². The highest BCUT2D eigenvalue weighted by Crippen LogP contribution is 2.27. The molecule has 10 heteroatoms. The molecule has 0 saturated carbocycles. The van der Waals surface area contributed by atoms with E-state index in [-0.39, 0.29) is 29.4 Å². The van der Waals surface area contributed by atoms with Crippen molar-refractivity contribution in [3.63, 3.8) is 0 Å². The molecule has 1 N–H and O–H groups in total. The summed E-state index contributed by atoms with van der Waals surface area (Å²) in [6.45, 7) is 0.749. The Bertz CT molecular complexity index is 1040. The van der Waals surface area contributed by atoms with Crippen molar-refractivity contribution in [1.29, 1.82) is 0 Å². The Morgan fingerprint density at radius 3 is 2.96 bits per heavy atom. The van der Waals surface area contributed by atoms with Crippen molar-refractivity contribution in [2.45, 2.75) is 24.3 Å². The lowest BCUT2D eigenvalue weighted by Gasteiger charge is -2.31. The molecular weight excluding hydrogens is 372 g/mol. The highest BCUT2D eigenvalue weighted by Gasteiger charge is 2.34. The van der Waals surface area contributed by atoms with Crippen molar-refractivity contribution in [1.82, 2.24) is 19.9 Å². The van der Waals surface area contributed by atoms with E-state index in [1.807, 2.05) is 0 Å². The Morgan fingerprint density at radius 1 is 1.26 bits per heavy atom. The summed E-state index contributed by atoms with van der Waals surface area (Å²) in [6.07, 6.45) is 2.77. The molecule has 1 aliphatic rings. The molecule has 27 heavy (non-hydrogen) atoms. The van der Waals surface area contributed by atoms with Crippen LogP contribution >= 0.6 is 0 Å². The molecule has 3 heterocycles. The third-order valence-electron chi connectivity index (χ3n) is 4.64. The van der Waals surface area contributed by atoms with E-state index >= 15 is 0 Å². The fourth-order valence-corrected chi connectivity index (χ4v) is 4.90. The molecule has 0 bridgehead atoms. The van der Waals surface area contributed by atoms with Gasteiger partial charge in [-0.2, -0.15) is 4.31 Å². The zero-order valence-corrected chi connectivity index (χ0v) is 15.2. The normalized spacial score (nSPS) is 18.6. The molecule has 1 aliphatic heterocycles. The zero-order valence-electron chi connectivity index (χ0n) is 14.4. The molecular formula is C17H18N4O5S. The molecule has 9 nitrogen and oxygen atoms in total. The summed E-state index contributed by atoms with van der Waals surface area (Å²) in [5.41, 5.74) is 0.572. The first-order valence-corrected chi connectivity index (χ1v) is 10.0. The molecule has 2 aromatic heterocycles. The van der Waals surface area contributed by atoms with Gasteiger partial charge in [0.2, 0.25) is 15.9 Å². The van der Waals surface area contributed by atoms with Crippen LogP contribution < -0.4 is 5.32 Å². The second-order valence-corrected chi connectivity index (χ2v) is 8.29. The Balaban J connectivity index is 1.50. The van der Waals surface area contributed by atoms with Crippen LogP contribution in [-0.2, 0) is 21.4 Å². The van der Waals surface area contributed by atoms with Crippen molar-refractivity contribution in [2.75, 3.05) is 13.1 Å². The van der Waals surface area contributed by atoms with Gasteiger partial charge in [0.25, 0.3) is 0 Å². The molecule has 0 aliphatic carbocycles. The number of hydrogen-bond acceptors (Lipinski definition) is 7. The van der Waals surface area contributed by atoms with Gasteiger partial charge in [0, 0.05) is 13.1 Å². The maximum absolute atomic E-state index is 13.1. The minimum Gasteiger partial charge on any atom is -0.467 e. The average Bonchev–Trinajstić information content (AvgIpc) is 3.37. The number of aromatic nitrogens is 2. The highest BCUT2D eigenvalue weighted by atomic mass is 32.2. The quantitative estimate of drug-likeness (QED) is 0.702. The van der Waals surface area contributed by atoms with E-state index in [9.17, 15) is 13.2 Å². The predicted octanol–water partition coefficient (Wildman–Crippen LogP) is 1.53. The number of piperidine rings is 1. The van der Waals surface area contributed by atoms with Crippen molar-refractivity contribution in [3.05, 3.63) is 42.4 Å². The second kappa shape index (κ2) is 7.12. The second-order valence-electron chi connectivity index (χ2n) is 6.39.